The number of rotatable bonds is 1. The van der Waals surface area contributed by atoms with Crippen molar-refractivity contribution in [2.75, 3.05) is 26.3 Å². The molecule has 0 aromatic rings. The maximum atomic E-state index is 11.2. The van der Waals surface area contributed by atoms with Gasteiger partial charge in [0.25, 0.3) is 0 Å². The number of carbonyl (C=O) groups is 1. The van der Waals surface area contributed by atoms with E-state index in [2.05, 4.69) is 0 Å². The van der Waals surface area contributed by atoms with Crippen molar-refractivity contribution < 1.29 is 15.0 Å². The Hall–Kier alpha value is -0.870. The Bertz CT molecular complexity index is 162. The fourth-order valence-corrected chi connectivity index (χ4v) is 1.03. The van der Waals surface area contributed by atoms with Gasteiger partial charge in [-0.2, -0.15) is 0 Å². The van der Waals surface area contributed by atoms with Gasteiger partial charge in [0.1, 0.15) is 0 Å². The quantitative estimate of drug-likeness (QED) is 0.506. The molecule has 0 bridgehead atoms. The number of hydrogen-bond acceptors (Lipinski definition) is 2. The zero-order valence-corrected chi connectivity index (χ0v) is 7.25. The molecule has 1 fully saturated rings. The molecule has 0 radical (unpaired) electrons. The van der Waals surface area contributed by atoms with Crippen LogP contribution in [-0.4, -0.2) is 42.6 Å². The van der Waals surface area contributed by atoms with E-state index in [0.29, 0.717) is 13.2 Å². The summed E-state index contributed by atoms with van der Waals surface area (Å²) in [6, 6.07) is 0. The third-order valence-electron chi connectivity index (χ3n) is 1.63. The molecule has 12 heavy (non-hydrogen) atoms. The number of ether oxygens (including phenoxy) is 1. The van der Waals surface area contributed by atoms with Gasteiger partial charge in [0.05, 0.1) is 13.2 Å². The molecule has 0 saturated carbocycles. The van der Waals surface area contributed by atoms with Crippen LogP contribution >= 0.6 is 0 Å². The summed E-state index contributed by atoms with van der Waals surface area (Å²) in [7, 11) is 0. The fraction of sp³-hybridized carbons (Fsp3) is 0.625. The topological polar surface area (TPSA) is 61.0 Å². The molecule has 1 amide bonds. The lowest BCUT2D eigenvalue weighted by Crippen LogP contribution is -2.39. The van der Waals surface area contributed by atoms with Crippen molar-refractivity contribution in [3.05, 3.63) is 12.2 Å². The summed E-state index contributed by atoms with van der Waals surface area (Å²) in [5.74, 6) is 0.0933. The Morgan fingerprint density at radius 2 is 2.00 bits per heavy atom. The van der Waals surface area contributed by atoms with Gasteiger partial charge in [-0.15, -0.1) is 0 Å². The number of nitrogens with zero attached hydrogens (tertiary/aromatic N) is 1. The average Bonchev–Trinajstić information content (AvgIpc) is 2.07. The van der Waals surface area contributed by atoms with E-state index in [0.717, 1.165) is 13.1 Å². The van der Waals surface area contributed by atoms with Gasteiger partial charge >= 0.3 is 0 Å². The zero-order chi connectivity index (χ0) is 8.10. The minimum absolute atomic E-state index is 0. The molecule has 1 aliphatic rings. The molecule has 0 aliphatic carbocycles. The van der Waals surface area contributed by atoms with Crippen LogP contribution in [0.1, 0.15) is 6.92 Å². The highest BCUT2D eigenvalue weighted by molar-refractivity contribution is 5.87. The van der Waals surface area contributed by atoms with E-state index >= 15 is 0 Å². The molecule has 70 valence electrons. The predicted molar refractivity (Wildman–Crippen MR) is 45.8 cm³/mol. The lowest BCUT2D eigenvalue weighted by molar-refractivity contribution is -0.129. The second-order valence-corrected chi connectivity index (χ2v) is 2.44. The third kappa shape index (κ3) is 3.02. The van der Waals surface area contributed by atoms with E-state index in [4.69, 9.17) is 4.74 Å². The molecule has 0 aromatic carbocycles. The van der Waals surface area contributed by atoms with Gasteiger partial charge in [0.2, 0.25) is 5.91 Å². The predicted octanol–water partition coefficient (Wildman–Crippen LogP) is -0.403. The molecular weight excluding hydrogens is 158 g/mol. The summed E-state index contributed by atoms with van der Waals surface area (Å²) in [6.07, 6.45) is 3.35. The van der Waals surface area contributed by atoms with Crippen molar-refractivity contribution in [3.63, 3.8) is 0 Å². The van der Waals surface area contributed by atoms with E-state index in [1.807, 2.05) is 6.92 Å². The van der Waals surface area contributed by atoms with Crippen LogP contribution in [0.4, 0.5) is 0 Å². The Kier molecular flexibility index (Phi) is 5.32. The van der Waals surface area contributed by atoms with Gasteiger partial charge in [-0.05, 0) is 13.0 Å². The summed E-state index contributed by atoms with van der Waals surface area (Å²) in [5, 5.41) is 0. The van der Waals surface area contributed by atoms with Gasteiger partial charge in [0.15, 0.2) is 0 Å². The Labute approximate surface area is 72.1 Å². The van der Waals surface area contributed by atoms with Crippen LogP contribution in [0, 0.1) is 0 Å². The van der Waals surface area contributed by atoms with Gasteiger partial charge in [0, 0.05) is 13.1 Å². The van der Waals surface area contributed by atoms with Crippen LogP contribution < -0.4 is 0 Å². The molecule has 1 rings (SSSR count). The van der Waals surface area contributed by atoms with E-state index < -0.39 is 0 Å². The van der Waals surface area contributed by atoms with E-state index in [1.54, 1.807) is 17.1 Å². The van der Waals surface area contributed by atoms with E-state index in [9.17, 15) is 4.79 Å². The monoisotopic (exact) mass is 173 g/mol. The molecular formula is C8H15NO3. The van der Waals surface area contributed by atoms with Crippen molar-refractivity contribution in [2.45, 2.75) is 6.92 Å². The number of carbonyl (C=O) groups excluding carboxylic acids is 1. The molecule has 1 saturated heterocycles. The van der Waals surface area contributed by atoms with Crippen LogP contribution in [0.25, 0.3) is 0 Å². The van der Waals surface area contributed by atoms with Gasteiger partial charge < -0.3 is 15.1 Å². The van der Waals surface area contributed by atoms with Crippen molar-refractivity contribution in [1.29, 1.82) is 0 Å². The summed E-state index contributed by atoms with van der Waals surface area (Å²) in [4.78, 5) is 13.0. The van der Waals surface area contributed by atoms with Crippen LogP contribution in [0.3, 0.4) is 0 Å². The summed E-state index contributed by atoms with van der Waals surface area (Å²) < 4.78 is 5.11. The molecule has 0 aromatic heterocycles. The molecule has 0 unspecified atom stereocenters. The van der Waals surface area contributed by atoms with Crippen molar-refractivity contribution in [3.8, 4) is 0 Å². The number of allylic oxidation sites excluding steroid dienone is 1. The van der Waals surface area contributed by atoms with Crippen LogP contribution in [0.5, 0.6) is 0 Å². The van der Waals surface area contributed by atoms with Crippen LogP contribution in [0.15, 0.2) is 12.2 Å². The summed E-state index contributed by atoms with van der Waals surface area (Å²) >= 11 is 0. The van der Waals surface area contributed by atoms with Crippen LogP contribution in [-0.2, 0) is 9.53 Å². The van der Waals surface area contributed by atoms with Crippen molar-refractivity contribution in [2.24, 2.45) is 0 Å². The largest absolute Gasteiger partial charge is 0.412 e. The first kappa shape index (κ1) is 11.1. The Morgan fingerprint density at radius 1 is 1.42 bits per heavy atom. The molecule has 1 aliphatic heterocycles. The fourth-order valence-electron chi connectivity index (χ4n) is 1.03. The van der Waals surface area contributed by atoms with Crippen molar-refractivity contribution in [1.82, 2.24) is 4.90 Å². The number of amides is 1. The lowest BCUT2D eigenvalue weighted by Gasteiger charge is -2.25. The first-order valence-electron chi connectivity index (χ1n) is 3.84. The van der Waals surface area contributed by atoms with E-state index in [1.165, 1.54) is 0 Å². The molecule has 0 atom stereocenters. The molecule has 4 heteroatoms. The van der Waals surface area contributed by atoms with Gasteiger partial charge in [-0.3, -0.25) is 4.79 Å². The minimum Gasteiger partial charge on any atom is -0.412 e. The lowest BCUT2D eigenvalue weighted by atomic mass is 10.4. The SMILES string of the molecule is CC=CC(=O)N1CCOCC1.O. The molecule has 1 heterocycles. The maximum Gasteiger partial charge on any atom is 0.246 e. The second kappa shape index (κ2) is 5.74. The Balaban J connectivity index is 0.00000121. The smallest absolute Gasteiger partial charge is 0.246 e. The summed E-state index contributed by atoms with van der Waals surface area (Å²) in [6.45, 7) is 4.64. The number of hydrogen-bond donors (Lipinski definition) is 0. The first-order chi connectivity index (χ1) is 5.34. The van der Waals surface area contributed by atoms with Crippen molar-refractivity contribution >= 4 is 5.91 Å². The highest BCUT2D eigenvalue weighted by Crippen LogP contribution is 1.97. The average molecular weight is 173 g/mol. The number of morpholine rings is 1. The maximum absolute atomic E-state index is 11.2. The standard InChI is InChI=1S/C8H13NO2.H2O/c1-2-3-8(10)9-4-6-11-7-5-9;/h2-3H,4-7H2,1H3;1H2. The molecule has 2 N–H and O–H groups in total. The van der Waals surface area contributed by atoms with E-state index in [-0.39, 0.29) is 11.4 Å². The van der Waals surface area contributed by atoms with Crippen LogP contribution in [0.2, 0.25) is 0 Å². The molecule has 0 spiro atoms. The summed E-state index contributed by atoms with van der Waals surface area (Å²) in [5.41, 5.74) is 0. The highest BCUT2D eigenvalue weighted by atomic mass is 16.5. The minimum atomic E-state index is 0. The first-order valence-corrected chi connectivity index (χ1v) is 3.84. The van der Waals surface area contributed by atoms with Gasteiger partial charge in [-0.25, -0.2) is 0 Å². The second-order valence-electron chi connectivity index (χ2n) is 2.44. The van der Waals surface area contributed by atoms with Gasteiger partial charge in [-0.1, -0.05) is 6.08 Å². The normalized spacial score (nSPS) is 17.6. The Morgan fingerprint density at radius 3 is 2.50 bits per heavy atom. The highest BCUT2D eigenvalue weighted by Gasteiger charge is 2.13. The third-order valence-corrected chi connectivity index (χ3v) is 1.63. The zero-order valence-electron chi connectivity index (χ0n) is 7.25. The molecule has 4 nitrogen and oxygen atoms in total.